The second kappa shape index (κ2) is 7.68. The van der Waals surface area contributed by atoms with Crippen molar-refractivity contribution in [3.63, 3.8) is 0 Å². The molecule has 0 saturated heterocycles. The largest absolute Gasteiger partial charge is 0.302 e. The van der Waals surface area contributed by atoms with Crippen molar-refractivity contribution in [1.29, 1.82) is 0 Å². The summed E-state index contributed by atoms with van der Waals surface area (Å²) in [6.07, 6.45) is 2.24. The van der Waals surface area contributed by atoms with Gasteiger partial charge in [0, 0.05) is 31.6 Å². The number of hydrogen-bond acceptors (Lipinski definition) is 2. The average Bonchev–Trinajstić information content (AvgIpc) is 3.05. The molecule has 0 aromatic heterocycles. The van der Waals surface area contributed by atoms with Crippen molar-refractivity contribution in [2.24, 2.45) is 0 Å². The fraction of sp³-hybridized carbons (Fsp3) is 0.214. The minimum atomic E-state index is -0.440. The number of ketones is 1. The van der Waals surface area contributed by atoms with Crippen LogP contribution in [-0.2, 0) is 10.2 Å². The molecular weight excluding hydrogens is 498 g/mol. The summed E-state index contributed by atoms with van der Waals surface area (Å²) in [5, 5.41) is 0.698. The third kappa shape index (κ3) is 3.48. The summed E-state index contributed by atoms with van der Waals surface area (Å²) in [6.45, 7) is 6.42. The number of rotatable bonds is 3. The van der Waals surface area contributed by atoms with E-state index >= 15 is 0 Å². The van der Waals surface area contributed by atoms with Crippen LogP contribution >= 0.6 is 27.5 Å². The lowest BCUT2D eigenvalue weighted by atomic mass is 9.65. The van der Waals surface area contributed by atoms with E-state index in [4.69, 9.17) is 11.6 Å². The van der Waals surface area contributed by atoms with Crippen LogP contribution in [0.25, 0.3) is 5.57 Å². The number of para-hydroxylation sites is 1. The number of nitrogens with zero attached hydrogens (tertiary/aromatic N) is 1. The predicted molar refractivity (Wildman–Crippen MR) is 137 cm³/mol. The van der Waals surface area contributed by atoms with Gasteiger partial charge in [0.2, 0.25) is 0 Å². The van der Waals surface area contributed by atoms with Crippen LogP contribution in [0.1, 0.15) is 54.2 Å². The van der Waals surface area contributed by atoms with Crippen LogP contribution in [-0.4, -0.2) is 17.2 Å². The van der Waals surface area contributed by atoms with E-state index in [0.717, 1.165) is 33.3 Å². The van der Waals surface area contributed by atoms with Gasteiger partial charge >= 0.3 is 0 Å². The first-order valence-corrected chi connectivity index (χ1v) is 12.0. The second-order valence-corrected chi connectivity index (χ2v) is 11.0. The Balaban J connectivity index is 1.68. The number of benzene rings is 3. The Kier molecular flexibility index (Phi) is 5.15. The van der Waals surface area contributed by atoms with Gasteiger partial charge in [-0.1, -0.05) is 64.8 Å². The molecule has 2 heterocycles. The molecular formula is C28H23BrClNO2. The highest BCUT2D eigenvalue weighted by molar-refractivity contribution is 9.10. The number of amides is 1. The minimum absolute atomic E-state index is 0.119. The molecule has 0 spiro atoms. The smallest absolute Gasteiger partial charge is 0.259 e. The van der Waals surface area contributed by atoms with Gasteiger partial charge in [-0.25, -0.2) is 0 Å². The SMILES string of the molecule is CC1(c2ccc(Cl)cc2)CC(C)(C)N2C(=O)C(=CC(=O)c3ccc(Br)cc3)c3cccc1c32. The third-order valence-electron chi connectivity index (χ3n) is 6.85. The Morgan fingerprint density at radius 1 is 1.00 bits per heavy atom. The molecule has 1 atom stereocenters. The molecule has 5 rings (SSSR count). The van der Waals surface area contributed by atoms with E-state index in [-0.39, 0.29) is 17.1 Å². The first kappa shape index (κ1) is 22.1. The molecule has 1 amide bonds. The number of carbonyl (C=O) groups is 2. The molecule has 0 bridgehead atoms. The van der Waals surface area contributed by atoms with Gasteiger partial charge in [0.15, 0.2) is 5.78 Å². The zero-order valence-corrected chi connectivity index (χ0v) is 21.0. The van der Waals surface area contributed by atoms with Crippen LogP contribution in [0.15, 0.2) is 77.3 Å². The summed E-state index contributed by atoms with van der Waals surface area (Å²) in [5.74, 6) is -0.298. The van der Waals surface area contributed by atoms with Crippen molar-refractivity contribution >= 4 is 50.5 Å². The Hall–Kier alpha value is -2.69. The van der Waals surface area contributed by atoms with Crippen LogP contribution in [0.4, 0.5) is 5.69 Å². The van der Waals surface area contributed by atoms with Gasteiger partial charge < -0.3 is 4.90 Å². The second-order valence-electron chi connectivity index (χ2n) is 9.60. The highest BCUT2D eigenvalue weighted by Crippen LogP contribution is 2.56. The summed E-state index contributed by atoms with van der Waals surface area (Å²) < 4.78 is 0.902. The molecule has 5 heteroatoms. The van der Waals surface area contributed by atoms with Crippen LogP contribution < -0.4 is 4.90 Å². The molecule has 3 aromatic rings. The first-order chi connectivity index (χ1) is 15.6. The van der Waals surface area contributed by atoms with E-state index < -0.39 is 5.54 Å². The molecule has 3 nitrogen and oxygen atoms in total. The standard InChI is InChI=1S/C28H23BrClNO2/c1-27(2)16-28(3,18-9-13-20(30)14-10-18)23-6-4-5-21-22(26(33)31(27)25(21)23)15-24(32)17-7-11-19(29)12-8-17/h4-15H,16H2,1-3H3. The summed E-state index contributed by atoms with van der Waals surface area (Å²) in [7, 11) is 0. The van der Waals surface area contributed by atoms with E-state index in [0.29, 0.717) is 16.2 Å². The van der Waals surface area contributed by atoms with Crippen molar-refractivity contribution in [2.75, 3.05) is 4.90 Å². The summed E-state index contributed by atoms with van der Waals surface area (Å²) >= 11 is 9.56. The predicted octanol–water partition coefficient (Wildman–Crippen LogP) is 7.20. The molecule has 0 saturated carbocycles. The van der Waals surface area contributed by atoms with Crippen LogP contribution in [0.2, 0.25) is 5.02 Å². The lowest BCUT2D eigenvalue weighted by Gasteiger charge is -2.49. The maximum Gasteiger partial charge on any atom is 0.259 e. The van der Waals surface area contributed by atoms with Crippen LogP contribution in [0, 0.1) is 0 Å². The molecule has 0 aliphatic carbocycles. The molecule has 1 unspecified atom stereocenters. The molecule has 3 aromatic carbocycles. The Morgan fingerprint density at radius 3 is 2.33 bits per heavy atom. The van der Waals surface area contributed by atoms with Gasteiger partial charge in [-0.15, -0.1) is 0 Å². The zero-order chi connectivity index (χ0) is 23.5. The van der Waals surface area contributed by atoms with E-state index in [1.807, 2.05) is 41.3 Å². The Labute approximate surface area is 207 Å². The fourth-order valence-corrected chi connectivity index (χ4v) is 5.83. The zero-order valence-electron chi connectivity index (χ0n) is 18.7. The van der Waals surface area contributed by atoms with Gasteiger partial charge in [-0.3, -0.25) is 9.59 Å². The first-order valence-electron chi connectivity index (χ1n) is 10.9. The van der Waals surface area contributed by atoms with Crippen molar-refractivity contribution in [3.05, 3.63) is 105 Å². The summed E-state index contributed by atoms with van der Waals surface area (Å²) in [4.78, 5) is 28.6. The van der Waals surface area contributed by atoms with Crippen molar-refractivity contribution in [2.45, 2.75) is 38.1 Å². The molecule has 33 heavy (non-hydrogen) atoms. The van der Waals surface area contributed by atoms with Crippen molar-refractivity contribution in [1.82, 2.24) is 0 Å². The number of carbonyl (C=O) groups excluding carboxylic acids is 2. The normalized spacial score (nSPS) is 21.9. The fourth-order valence-electron chi connectivity index (χ4n) is 5.44. The lowest BCUT2D eigenvalue weighted by Crippen LogP contribution is -2.54. The molecule has 0 fully saturated rings. The van der Waals surface area contributed by atoms with Gasteiger partial charge in [-0.2, -0.15) is 0 Å². The number of allylic oxidation sites excluding steroid dienone is 1. The summed E-state index contributed by atoms with van der Waals surface area (Å²) in [6, 6.07) is 21.2. The molecule has 0 radical (unpaired) electrons. The Morgan fingerprint density at radius 2 is 1.67 bits per heavy atom. The van der Waals surface area contributed by atoms with E-state index in [1.165, 1.54) is 6.08 Å². The van der Waals surface area contributed by atoms with Crippen LogP contribution in [0.3, 0.4) is 0 Å². The molecule has 166 valence electrons. The van der Waals surface area contributed by atoms with Gasteiger partial charge in [0.1, 0.15) is 0 Å². The lowest BCUT2D eigenvalue weighted by molar-refractivity contribution is -0.114. The highest BCUT2D eigenvalue weighted by Gasteiger charge is 2.52. The van der Waals surface area contributed by atoms with Gasteiger partial charge in [0.25, 0.3) is 5.91 Å². The third-order valence-corrected chi connectivity index (χ3v) is 7.64. The molecule has 2 aliphatic rings. The molecule has 2 aliphatic heterocycles. The highest BCUT2D eigenvalue weighted by atomic mass is 79.9. The Bertz CT molecular complexity index is 1330. The van der Waals surface area contributed by atoms with Gasteiger partial charge in [-0.05, 0) is 73.9 Å². The van der Waals surface area contributed by atoms with E-state index in [1.54, 1.807) is 12.1 Å². The van der Waals surface area contributed by atoms with Crippen LogP contribution in [0.5, 0.6) is 0 Å². The minimum Gasteiger partial charge on any atom is -0.302 e. The quantitative estimate of drug-likeness (QED) is 0.270. The van der Waals surface area contributed by atoms with Crippen molar-refractivity contribution in [3.8, 4) is 0 Å². The maximum absolute atomic E-state index is 13.7. The monoisotopic (exact) mass is 519 g/mol. The van der Waals surface area contributed by atoms with Gasteiger partial charge in [0.05, 0.1) is 11.3 Å². The maximum atomic E-state index is 13.7. The summed E-state index contributed by atoms with van der Waals surface area (Å²) in [5.41, 5.74) is 4.23. The number of halogens is 2. The molecule has 0 N–H and O–H groups in total. The number of hydrogen-bond donors (Lipinski definition) is 0. The number of anilines is 1. The van der Waals surface area contributed by atoms with E-state index in [2.05, 4.69) is 54.9 Å². The average molecular weight is 521 g/mol. The van der Waals surface area contributed by atoms with Crippen molar-refractivity contribution < 1.29 is 9.59 Å². The van der Waals surface area contributed by atoms with E-state index in [9.17, 15) is 9.59 Å². The topological polar surface area (TPSA) is 37.4 Å².